The minimum Gasteiger partial charge on any atom is -0.299 e. The molecule has 0 heterocycles. The van der Waals surface area contributed by atoms with Crippen LogP contribution in [0, 0.1) is 0 Å². The zero-order valence-corrected chi connectivity index (χ0v) is 12.1. The van der Waals surface area contributed by atoms with Crippen molar-refractivity contribution >= 4 is 29.5 Å². The third kappa shape index (κ3) is 5.72. The SMILES string of the molecule is CCN(CC)C/C=N/C(=S)NC(=O)c1ccccc1. The van der Waals surface area contributed by atoms with Gasteiger partial charge in [0.05, 0.1) is 0 Å². The van der Waals surface area contributed by atoms with Crippen LogP contribution in [0.2, 0.25) is 0 Å². The van der Waals surface area contributed by atoms with Gasteiger partial charge in [0, 0.05) is 18.3 Å². The molecule has 0 bridgehead atoms. The summed E-state index contributed by atoms with van der Waals surface area (Å²) in [5.41, 5.74) is 0.573. The van der Waals surface area contributed by atoms with Gasteiger partial charge >= 0.3 is 0 Å². The summed E-state index contributed by atoms with van der Waals surface area (Å²) in [6.07, 6.45) is 1.72. The molecule has 4 nitrogen and oxygen atoms in total. The Morgan fingerprint density at radius 3 is 2.53 bits per heavy atom. The molecule has 0 saturated carbocycles. The number of rotatable bonds is 5. The Balaban J connectivity index is 2.43. The van der Waals surface area contributed by atoms with Crippen molar-refractivity contribution in [2.45, 2.75) is 13.8 Å². The van der Waals surface area contributed by atoms with Gasteiger partial charge in [0.25, 0.3) is 5.91 Å². The molecule has 0 aromatic heterocycles. The van der Waals surface area contributed by atoms with E-state index in [0.717, 1.165) is 19.6 Å². The summed E-state index contributed by atoms with van der Waals surface area (Å²) in [6, 6.07) is 8.94. The number of amides is 1. The second-order valence-electron chi connectivity index (χ2n) is 3.92. The minimum absolute atomic E-state index is 0.195. The van der Waals surface area contributed by atoms with Crippen molar-refractivity contribution in [3.63, 3.8) is 0 Å². The Hall–Kier alpha value is -1.59. The van der Waals surface area contributed by atoms with E-state index in [2.05, 4.69) is 29.1 Å². The predicted molar refractivity (Wildman–Crippen MR) is 82.8 cm³/mol. The molecule has 0 aliphatic rings. The Morgan fingerprint density at radius 1 is 1.32 bits per heavy atom. The summed E-state index contributed by atoms with van der Waals surface area (Å²) in [5, 5.41) is 2.78. The van der Waals surface area contributed by atoms with Crippen molar-refractivity contribution in [2.24, 2.45) is 4.99 Å². The predicted octanol–water partition coefficient (Wildman–Crippen LogP) is 2.11. The minimum atomic E-state index is -0.231. The molecule has 0 saturated heterocycles. The Morgan fingerprint density at radius 2 is 1.95 bits per heavy atom. The highest BCUT2D eigenvalue weighted by atomic mass is 32.1. The van der Waals surface area contributed by atoms with Gasteiger partial charge in [0.15, 0.2) is 5.11 Å². The molecule has 1 rings (SSSR count). The molecule has 0 unspecified atom stereocenters. The van der Waals surface area contributed by atoms with Crippen molar-refractivity contribution in [2.75, 3.05) is 19.6 Å². The van der Waals surface area contributed by atoms with Gasteiger partial charge in [0.1, 0.15) is 0 Å². The zero-order chi connectivity index (χ0) is 14.1. The number of nitrogens with one attached hydrogen (secondary N) is 1. The van der Waals surface area contributed by atoms with Crippen LogP contribution in [-0.4, -0.2) is 41.8 Å². The molecule has 0 aliphatic heterocycles. The highest BCUT2D eigenvalue weighted by Gasteiger charge is 2.05. The summed E-state index contributed by atoms with van der Waals surface area (Å²) in [6.45, 7) is 6.84. The first kappa shape index (κ1) is 15.5. The summed E-state index contributed by atoms with van der Waals surface area (Å²) in [7, 11) is 0. The van der Waals surface area contributed by atoms with Gasteiger partial charge in [-0.2, -0.15) is 0 Å². The summed E-state index contributed by atoms with van der Waals surface area (Å²) in [4.78, 5) is 18.0. The first-order chi connectivity index (χ1) is 9.17. The van der Waals surface area contributed by atoms with Gasteiger partial charge in [-0.25, -0.2) is 4.99 Å². The molecule has 19 heavy (non-hydrogen) atoms. The van der Waals surface area contributed by atoms with E-state index in [4.69, 9.17) is 12.2 Å². The van der Waals surface area contributed by atoms with Crippen LogP contribution in [0.15, 0.2) is 35.3 Å². The van der Waals surface area contributed by atoms with Crippen LogP contribution in [-0.2, 0) is 0 Å². The van der Waals surface area contributed by atoms with Gasteiger partial charge in [-0.05, 0) is 37.4 Å². The number of carbonyl (C=O) groups is 1. The van der Waals surface area contributed by atoms with Crippen molar-refractivity contribution < 1.29 is 4.79 Å². The van der Waals surface area contributed by atoms with E-state index in [1.807, 2.05) is 18.2 Å². The van der Waals surface area contributed by atoms with Crippen LogP contribution in [0.25, 0.3) is 0 Å². The number of hydrogen-bond acceptors (Lipinski definition) is 3. The molecule has 1 aromatic rings. The molecule has 1 N–H and O–H groups in total. The maximum absolute atomic E-state index is 11.8. The third-order valence-corrected chi connectivity index (χ3v) is 2.91. The lowest BCUT2D eigenvalue weighted by Crippen LogP contribution is -2.29. The molecule has 0 spiro atoms. The molecule has 0 atom stereocenters. The fourth-order valence-electron chi connectivity index (χ4n) is 1.51. The van der Waals surface area contributed by atoms with Gasteiger partial charge in [-0.3, -0.25) is 15.0 Å². The van der Waals surface area contributed by atoms with E-state index in [9.17, 15) is 4.79 Å². The van der Waals surface area contributed by atoms with Crippen LogP contribution in [0.4, 0.5) is 0 Å². The normalized spacial score (nSPS) is 10.9. The smallest absolute Gasteiger partial charge is 0.257 e. The number of carbonyl (C=O) groups excluding carboxylic acids is 1. The van der Waals surface area contributed by atoms with Gasteiger partial charge in [-0.15, -0.1) is 0 Å². The Kier molecular flexibility index (Phi) is 6.92. The maximum Gasteiger partial charge on any atom is 0.257 e. The number of hydrogen-bond donors (Lipinski definition) is 1. The third-order valence-electron chi connectivity index (χ3n) is 2.70. The van der Waals surface area contributed by atoms with Crippen LogP contribution in [0.1, 0.15) is 24.2 Å². The molecule has 0 fully saturated rings. The maximum atomic E-state index is 11.8. The van der Waals surface area contributed by atoms with Crippen LogP contribution < -0.4 is 5.32 Å². The van der Waals surface area contributed by atoms with E-state index in [1.165, 1.54) is 0 Å². The topological polar surface area (TPSA) is 44.7 Å². The monoisotopic (exact) mass is 277 g/mol. The van der Waals surface area contributed by atoms with E-state index in [0.29, 0.717) is 5.56 Å². The first-order valence-electron chi connectivity index (χ1n) is 6.32. The summed E-state index contributed by atoms with van der Waals surface area (Å²) in [5.74, 6) is -0.231. The summed E-state index contributed by atoms with van der Waals surface area (Å²) < 4.78 is 0. The highest BCUT2D eigenvalue weighted by molar-refractivity contribution is 7.80. The number of benzene rings is 1. The molecule has 102 valence electrons. The van der Waals surface area contributed by atoms with E-state index < -0.39 is 0 Å². The first-order valence-corrected chi connectivity index (χ1v) is 6.73. The van der Waals surface area contributed by atoms with Gasteiger partial charge in [-0.1, -0.05) is 32.0 Å². The molecule has 1 amide bonds. The van der Waals surface area contributed by atoms with E-state index in [-0.39, 0.29) is 11.0 Å². The van der Waals surface area contributed by atoms with Crippen molar-refractivity contribution in [3.05, 3.63) is 35.9 Å². The molecular formula is C14H19N3OS. The lowest BCUT2D eigenvalue weighted by atomic mass is 10.2. The number of nitrogens with zero attached hydrogens (tertiary/aromatic N) is 2. The largest absolute Gasteiger partial charge is 0.299 e. The van der Waals surface area contributed by atoms with Crippen molar-refractivity contribution in [1.29, 1.82) is 0 Å². The average molecular weight is 277 g/mol. The zero-order valence-electron chi connectivity index (χ0n) is 11.3. The quantitative estimate of drug-likeness (QED) is 0.662. The number of aliphatic imine (C=N–C) groups is 1. The van der Waals surface area contributed by atoms with Gasteiger partial charge in [0.2, 0.25) is 0 Å². The highest BCUT2D eigenvalue weighted by Crippen LogP contribution is 1.97. The lowest BCUT2D eigenvalue weighted by molar-refractivity contribution is 0.0977. The Bertz CT molecular complexity index is 441. The van der Waals surface area contributed by atoms with Crippen LogP contribution in [0.5, 0.6) is 0 Å². The average Bonchev–Trinajstić information content (AvgIpc) is 2.44. The van der Waals surface area contributed by atoms with E-state index >= 15 is 0 Å². The second kappa shape index (κ2) is 8.50. The standard InChI is InChI=1S/C14H19N3OS/c1-3-17(4-2)11-10-15-14(19)16-13(18)12-8-6-5-7-9-12/h5-10H,3-4,11H2,1-2H3,(H,16,18,19)/b15-10+. The molecular weight excluding hydrogens is 258 g/mol. The molecule has 5 heteroatoms. The van der Waals surface area contributed by atoms with E-state index in [1.54, 1.807) is 18.3 Å². The molecule has 0 aliphatic carbocycles. The summed E-state index contributed by atoms with van der Waals surface area (Å²) >= 11 is 5.01. The van der Waals surface area contributed by atoms with Crippen molar-refractivity contribution in [1.82, 2.24) is 10.2 Å². The molecule has 1 aromatic carbocycles. The Labute approximate surface area is 119 Å². The fraction of sp³-hybridized carbons (Fsp3) is 0.357. The van der Waals surface area contributed by atoms with Crippen LogP contribution in [0.3, 0.4) is 0 Å². The second-order valence-corrected chi connectivity index (χ2v) is 4.31. The molecule has 0 radical (unpaired) electrons. The van der Waals surface area contributed by atoms with Crippen LogP contribution >= 0.6 is 12.2 Å². The number of thiocarbonyl (C=S) groups is 1. The fourth-order valence-corrected chi connectivity index (χ4v) is 1.68. The van der Waals surface area contributed by atoms with Gasteiger partial charge < -0.3 is 0 Å². The lowest BCUT2D eigenvalue weighted by Gasteiger charge is -2.14. The van der Waals surface area contributed by atoms with Crippen molar-refractivity contribution in [3.8, 4) is 0 Å².